The molecule has 158 valence electrons. The summed E-state index contributed by atoms with van der Waals surface area (Å²) >= 11 is 0. The third-order valence-corrected chi connectivity index (χ3v) is 7.09. The topological polar surface area (TPSA) is 122 Å². The van der Waals surface area contributed by atoms with Gasteiger partial charge >= 0.3 is 6.03 Å². The van der Waals surface area contributed by atoms with Gasteiger partial charge in [0, 0.05) is 6.04 Å². The van der Waals surface area contributed by atoms with Crippen LogP contribution in [0.2, 0.25) is 0 Å². The first-order chi connectivity index (χ1) is 13.6. The van der Waals surface area contributed by atoms with Crippen LogP contribution in [0.15, 0.2) is 24.3 Å². The largest absolute Gasteiger partial charge is 0.497 e. The third-order valence-electron chi connectivity index (χ3n) is 5.32. The van der Waals surface area contributed by atoms with Gasteiger partial charge in [0.2, 0.25) is 5.91 Å². The Kier molecular flexibility index (Phi) is 5.83. The number of hydrogen-bond donors (Lipinski definition) is 2. The van der Waals surface area contributed by atoms with E-state index >= 15 is 0 Å². The van der Waals surface area contributed by atoms with Gasteiger partial charge in [-0.3, -0.25) is 14.5 Å². The fourth-order valence-electron chi connectivity index (χ4n) is 3.57. The van der Waals surface area contributed by atoms with E-state index in [4.69, 9.17) is 4.74 Å². The minimum Gasteiger partial charge on any atom is -0.497 e. The maximum Gasteiger partial charge on any atom is 0.325 e. The summed E-state index contributed by atoms with van der Waals surface area (Å²) in [5, 5.41) is 5.27. The van der Waals surface area contributed by atoms with Gasteiger partial charge in [-0.15, -0.1) is 0 Å². The molecule has 0 unspecified atom stereocenters. The molecule has 0 saturated carbocycles. The number of amides is 4. The number of nitrogens with one attached hydrogen (secondary N) is 2. The maximum absolute atomic E-state index is 12.8. The molecule has 2 aliphatic rings. The number of imide groups is 1. The molecule has 10 heteroatoms. The van der Waals surface area contributed by atoms with Crippen molar-refractivity contribution in [3.63, 3.8) is 0 Å². The second kappa shape index (κ2) is 8.02. The van der Waals surface area contributed by atoms with Gasteiger partial charge in [-0.05, 0) is 43.9 Å². The smallest absolute Gasteiger partial charge is 0.325 e. The molecule has 9 nitrogen and oxygen atoms in total. The molecule has 2 fully saturated rings. The SMILES string of the molecule is COc1ccc(CC[C@]2(C)NC(=O)N(CC(=O)N[C@@H]3CCS(=O)(=O)C3)C2=O)cc1. The predicted molar refractivity (Wildman–Crippen MR) is 105 cm³/mol. The minimum atomic E-state index is -3.13. The van der Waals surface area contributed by atoms with Crippen molar-refractivity contribution in [1.29, 1.82) is 0 Å². The fraction of sp³-hybridized carbons (Fsp3) is 0.526. The summed E-state index contributed by atoms with van der Waals surface area (Å²) in [4.78, 5) is 38.2. The van der Waals surface area contributed by atoms with Gasteiger partial charge in [-0.1, -0.05) is 12.1 Å². The van der Waals surface area contributed by atoms with Gasteiger partial charge in [0.1, 0.15) is 17.8 Å². The summed E-state index contributed by atoms with van der Waals surface area (Å²) < 4.78 is 28.1. The number of hydrogen-bond acceptors (Lipinski definition) is 6. The lowest BCUT2D eigenvalue weighted by molar-refractivity contribution is -0.134. The Bertz CT molecular complexity index is 914. The first kappa shape index (κ1) is 21.1. The molecule has 2 N–H and O–H groups in total. The molecule has 0 bridgehead atoms. The van der Waals surface area contributed by atoms with Crippen molar-refractivity contribution in [2.75, 3.05) is 25.2 Å². The summed E-state index contributed by atoms with van der Waals surface area (Å²) in [5.74, 6) is -0.360. The number of urea groups is 1. The lowest BCUT2D eigenvalue weighted by Gasteiger charge is -2.22. The summed E-state index contributed by atoms with van der Waals surface area (Å²) in [7, 11) is -1.55. The van der Waals surface area contributed by atoms with Crippen LogP contribution in [0.5, 0.6) is 5.75 Å². The summed E-state index contributed by atoms with van der Waals surface area (Å²) in [6.45, 7) is 1.21. The molecular weight excluding hydrogens is 398 g/mol. The highest BCUT2D eigenvalue weighted by Crippen LogP contribution is 2.24. The molecule has 2 aliphatic heterocycles. The number of ether oxygens (including phenoxy) is 1. The maximum atomic E-state index is 12.8. The van der Waals surface area contributed by atoms with Crippen molar-refractivity contribution in [3.05, 3.63) is 29.8 Å². The number of nitrogens with zero attached hydrogens (tertiary/aromatic N) is 1. The molecule has 2 atom stereocenters. The Morgan fingerprint density at radius 2 is 2.00 bits per heavy atom. The summed E-state index contributed by atoms with van der Waals surface area (Å²) in [6, 6.07) is 6.34. The number of rotatable bonds is 7. The Morgan fingerprint density at radius 1 is 1.31 bits per heavy atom. The van der Waals surface area contributed by atoms with Crippen LogP contribution in [0.4, 0.5) is 4.79 Å². The van der Waals surface area contributed by atoms with Gasteiger partial charge in [-0.25, -0.2) is 13.2 Å². The highest BCUT2D eigenvalue weighted by atomic mass is 32.2. The van der Waals surface area contributed by atoms with Gasteiger partial charge in [-0.2, -0.15) is 0 Å². The van der Waals surface area contributed by atoms with E-state index in [1.807, 2.05) is 24.3 Å². The molecule has 3 rings (SSSR count). The zero-order valence-electron chi connectivity index (χ0n) is 16.4. The highest BCUT2D eigenvalue weighted by molar-refractivity contribution is 7.91. The van der Waals surface area contributed by atoms with Crippen LogP contribution in [-0.4, -0.2) is 67.9 Å². The van der Waals surface area contributed by atoms with Crippen molar-refractivity contribution in [1.82, 2.24) is 15.5 Å². The van der Waals surface area contributed by atoms with E-state index < -0.39 is 45.8 Å². The third kappa shape index (κ3) is 4.87. The van der Waals surface area contributed by atoms with Crippen LogP contribution in [0.3, 0.4) is 0 Å². The van der Waals surface area contributed by atoms with E-state index in [9.17, 15) is 22.8 Å². The van der Waals surface area contributed by atoms with Gasteiger partial charge < -0.3 is 15.4 Å². The summed E-state index contributed by atoms with van der Waals surface area (Å²) in [5.41, 5.74) is -0.110. The molecule has 2 saturated heterocycles. The molecule has 1 aromatic rings. The molecule has 1 aromatic carbocycles. The molecule has 0 radical (unpaired) electrons. The van der Waals surface area contributed by atoms with Crippen LogP contribution >= 0.6 is 0 Å². The van der Waals surface area contributed by atoms with Crippen LogP contribution in [0.1, 0.15) is 25.3 Å². The first-order valence-electron chi connectivity index (χ1n) is 9.39. The quantitative estimate of drug-likeness (QED) is 0.606. The Balaban J connectivity index is 1.57. The first-order valence-corrected chi connectivity index (χ1v) is 11.2. The fourth-order valence-corrected chi connectivity index (χ4v) is 5.25. The number of carbonyl (C=O) groups excluding carboxylic acids is 3. The van der Waals surface area contributed by atoms with E-state index in [2.05, 4.69) is 10.6 Å². The minimum absolute atomic E-state index is 0.0323. The van der Waals surface area contributed by atoms with Gasteiger partial charge in [0.25, 0.3) is 5.91 Å². The van der Waals surface area contributed by atoms with Gasteiger partial charge in [0.05, 0.1) is 18.6 Å². The second-order valence-corrected chi connectivity index (χ2v) is 9.90. The number of sulfone groups is 1. The Hall–Kier alpha value is -2.62. The average molecular weight is 423 g/mol. The standard InChI is InChI=1S/C19H25N3O6S/c1-19(9-7-13-3-5-15(28-2)6-4-13)17(24)22(18(25)21-19)11-16(23)20-14-8-10-29(26,27)12-14/h3-6,14H,7-12H2,1-2H3,(H,20,23)(H,21,25)/t14-,19+/m1/s1. The second-order valence-electron chi connectivity index (χ2n) is 7.67. The zero-order valence-corrected chi connectivity index (χ0v) is 17.3. The molecule has 2 heterocycles. The number of carbonyl (C=O) groups is 3. The number of benzene rings is 1. The van der Waals surface area contributed by atoms with E-state index in [1.54, 1.807) is 14.0 Å². The van der Waals surface area contributed by atoms with E-state index in [-0.39, 0.29) is 11.5 Å². The number of aryl methyl sites for hydroxylation is 1. The number of methoxy groups -OCH3 is 1. The van der Waals surface area contributed by atoms with Crippen molar-refractivity contribution < 1.29 is 27.5 Å². The van der Waals surface area contributed by atoms with Crippen molar-refractivity contribution >= 4 is 27.7 Å². The lowest BCUT2D eigenvalue weighted by Crippen LogP contribution is -2.46. The van der Waals surface area contributed by atoms with E-state index in [0.29, 0.717) is 19.3 Å². The normalized spacial score (nSPS) is 25.7. The molecule has 4 amide bonds. The Labute approximate surface area is 169 Å². The molecule has 0 aliphatic carbocycles. The molecular formula is C19H25N3O6S. The zero-order chi connectivity index (χ0) is 21.2. The van der Waals surface area contributed by atoms with Crippen molar-refractivity contribution in [2.24, 2.45) is 0 Å². The predicted octanol–water partition coefficient (Wildman–Crippen LogP) is 0.242. The average Bonchev–Trinajstić information content (AvgIpc) is 3.11. The van der Waals surface area contributed by atoms with Crippen molar-refractivity contribution in [3.8, 4) is 5.75 Å². The molecule has 0 spiro atoms. The van der Waals surface area contributed by atoms with E-state index in [1.165, 1.54) is 0 Å². The van der Waals surface area contributed by atoms with Crippen LogP contribution in [0.25, 0.3) is 0 Å². The van der Waals surface area contributed by atoms with Crippen LogP contribution < -0.4 is 15.4 Å². The highest BCUT2D eigenvalue weighted by Gasteiger charge is 2.48. The van der Waals surface area contributed by atoms with Crippen LogP contribution in [-0.2, 0) is 25.8 Å². The molecule has 29 heavy (non-hydrogen) atoms. The molecule has 0 aromatic heterocycles. The summed E-state index contributed by atoms with van der Waals surface area (Å²) in [6.07, 6.45) is 1.28. The Morgan fingerprint density at radius 3 is 2.59 bits per heavy atom. The monoisotopic (exact) mass is 423 g/mol. The van der Waals surface area contributed by atoms with Crippen LogP contribution in [0, 0.1) is 0 Å². The van der Waals surface area contributed by atoms with Crippen molar-refractivity contribution in [2.45, 2.75) is 37.8 Å². The lowest BCUT2D eigenvalue weighted by atomic mass is 9.93. The van der Waals surface area contributed by atoms with E-state index in [0.717, 1.165) is 16.2 Å². The van der Waals surface area contributed by atoms with Gasteiger partial charge in [0.15, 0.2) is 9.84 Å².